The number of pyridine rings is 1. The third kappa shape index (κ3) is 4.61. The van der Waals surface area contributed by atoms with E-state index < -0.39 is 5.97 Å². The summed E-state index contributed by atoms with van der Waals surface area (Å²) in [6.45, 7) is 3.31. The van der Waals surface area contributed by atoms with Crippen LogP contribution in [0.2, 0.25) is 0 Å². The Hall–Kier alpha value is -3.37. The van der Waals surface area contributed by atoms with Gasteiger partial charge in [0, 0.05) is 42.4 Å². The number of ether oxygens (including phenoxy) is 2. The van der Waals surface area contributed by atoms with Gasteiger partial charge in [-0.3, -0.25) is 0 Å². The first-order valence-electron chi connectivity index (χ1n) is 9.40. The topological polar surface area (TPSA) is 115 Å². The van der Waals surface area contributed by atoms with Crippen molar-refractivity contribution in [3.05, 3.63) is 47.5 Å². The minimum atomic E-state index is -0.487. The van der Waals surface area contributed by atoms with Crippen LogP contribution in [0.15, 0.2) is 42.6 Å². The second-order valence-corrected chi connectivity index (χ2v) is 7.58. The molecule has 30 heavy (non-hydrogen) atoms. The number of nitrogen functional groups attached to an aromatic ring is 1. The van der Waals surface area contributed by atoms with Crippen molar-refractivity contribution in [3.63, 3.8) is 0 Å². The van der Waals surface area contributed by atoms with Crippen molar-refractivity contribution >= 4 is 51.1 Å². The maximum Gasteiger partial charge on any atom is 0.352 e. The third-order valence-corrected chi connectivity index (χ3v) is 5.42. The zero-order valence-electron chi connectivity index (χ0n) is 16.4. The molecule has 1 aromatic carbocycles. The molecule has 1 aliphatic rings. The molecule has 3 heterocycles. The smallest absolute Gasteiger partial charge is 0.352 e. The van der Waals surface area contributed by atoms with Gasteiger partial charge in [-0.15, -0.1) is 0 Å². The lowest BCUT2D eigenvalue weighted by Crippen LogP contribution is -2.36. The molecular weight excluding hydrogens is 404 g/mol. The fraction of sp³-hybridized carbons (Fsp3) is 0.250. The van der Waals surface area contributed by atoms with Gasteiger partial charge in [0.25, 0.3) is 0 Å². The molecule has 0 aliphatic carbocycles. The molecule has 0 bridgehead atoms. The van der Waals surface area contributed by atoms with Crippen molar-refractivity contribution in [2.24, 2.45) is 0 Å². The molecule has 0 saturated carbocycles. The molecule has 1 saturated heterocycles. The van der Waals surface area contributed by atoms with Gasteiger partial charge in [-0.2, -0.15) is 0 Å². The van der Waals surface area contributed by atoms with Gasteiger partial charge in [-0.05, 0) is 30.3 Å². The standard InChI is InChI=1S/C20H22N6O3S/c1-28-19(27)17-18(25-20(21)30-17)24-14-6-7-22-16(12-14)23-13-2-4-15(5-3-13)26-8-10-29-11-9-26/h2-7,12H,8-11H2,1H3,(H2,21,25)(H2,22,23,24). The number of hydrogen-bond donors (Lipinski definition) is 3. The Bertz CT molecular complexity index is 1020. The quantitative estimate of drug-likeness (QED) is 0.511. The lowest BCUT2D eigenvalue weighted by atomic mass is 10.2. The summed E-state index contributed by atoms with van der Waals surface area (Å²) in [6.07, 6.45) is 1.67. The second kappa shape index (κ2) is 8.97. The van der Waals surface area contributed by atoms with Crippen molar-refractivity contribution in [1.82, 2.24) is 9.97 Å². The molecule has 9 nitrogen and oxygen atoms in total. The molecule has 0 atom stereocenters. The van der Waals surface area contributed by atoms with Crippen LogP contribution >= 0.6 is 11.3 Å². The summed E-state index contributed by atoms with van der Waals surface area (Å²) in [6, 6.07) is 11.8. The Balaban J connectivity index is 1.46. The number of carbonyl (C=O) groups is 1. The Kier molecular flexibility index (Phi) is 5.96. The van der Waals surface area contributed by atoms with Crippen LogP contribution in [0.5, 0.6) is 0 Å². The zero-order valence-corrected chi connectivity index (χ0v) is 17.2. The number of thiazole rings is 1. The van der Waals surface area contributed by atoms with E-state index in [1.54, 1.807) is 12.3 Å². The highest BCUT2D eigenvalue weighted by Gasteiger charge is 2.18. The molecule has 4 N–H and O–H groups in total. The summed E-state index contributed by atoms with van der Waals surface area (Å²) in [7, 11) is 1.32. The SMILES string of the molecule is COC(=O)c1sc(N)nc1Nc1ccnc(Nc2ccc(N3CCOCC3)cc2)c1. The third-order valence-electron chi connectivity index (χ3n) is 4.55. The summed E-state index contributed by atoms with van der Waals surface area (Å²) in [5.74, 6) is 0.526. The summed E-state index contributed by atoms with van der Waals surface area (Å²) in [5.41, 5.74) is 8.56. The number of benzene rings is 1. The summed E-state index contributed by atoms with van der Waals surface area (Å²) in [5, 5.41) is 6.68. The molecule has 0 amide bonds. The number of nitrogens with two attached hydrogens (primary N) is 1. The number of anilines is 6. The van der Waals surface area contributed by atoms with Gasteiger partial charge >= 0.3 is 5.97 Å². The van der Waals surface area contributed by atoms with Gasteiger partial charge in [-0.25, -0.2) is 14.8 Å². The summed E-state index contributed by atoms with van der Waals surface area (Å²) in [4.78, 5) is 23.1. The van der Waals surface area contributed by atoms with Crippen LogP contribution in [0.1, 0.15) is 9.67 Å². The minimum Gasteiger partial charge on any atom is -0.465 e. The molecule has 0 radical (unpaired) electrons. The zero-order chi connectivity index (χ0) is 20.9. The summed E-state index contributed by atoms with van der Waals surface area (Å²) < 4.78 is 10.2. The van der Waals surface area contributed by atoms with Crippen LogP contribution in [0.4, 0.5) is 33.8 Å². The van der Waals surface area contributed by atoms with Crippen LogP contribution in [0, 0.1) is 0 Å². The van der Waals surface area contributed by atoms with Crippen LogP contribution < -0.4 is 21.3 Å². The van der Waals surface area contributed by atoms with Gasteiger partial charge in [0.05, 0.1) is 20.3 Å². The number of nitrogens with one attached hydrogen (secondary N) is 2. The number of morpholine rings is 1. The normalized spacial score (nSPS) is 13.7. The molecule has 4 rings (SSSR count). The Labute approximate surface area is 177 Å². The van der Waals surface area contributed by atoms with Crippen LogP contribution in [-0.2, 0) is 9.47 Å². The van der Waals surface area contributed by atoms with Crippen LogP contribution in [0.25, 0.3) is 0 Å². The highest BCUT2D eigenvalue weighted by Crippen LogP contribution is 2.29. The first kappa shape index (κ1) is 19.9. The van der Waals surface area contributed by atoms with Gasteiger partial charge < -0.3 is 30.7 Å². The molecule has 1 aliphatic heterocycles. The number of hydrogen-bond acceptors (Lipinski definition) is 10. The van der Waals surface area contributed by atoms with E-state index in [-0.39, 0.29) is 5.13 Å². The van der Waals surface area contributed by atoms with Gasteiger partial charge in [0.1, 0.15) is 5.82 Å². The lowest BCUT2D eigenvalue weighted by molar-refractivity contribution is 0.0607. The average molecular weight is 427 g/mol. The van der Waals surface area contributed by atoms with Crippen LogP contribution in [0.3, 0.4) is 0 Å². The van der Waals surface area contributed by atoms with Gasteiger partial charge in [0.2, 0.25) is 0 Å². The number of nitrogens with zero attached hydrogens (tertiary/aromatic N) is 3. The fourth-order valence-corrected chi connectivity index (χ4v) is 3.80. The average Bonchev–Trinajstić information content (AvgIpc) is 3.14. The molecule has 0 unspecified atom stereocenters. The van der Waals surface area contributed by atoms with E-state index in [4.69, 9.17) is 15.2 Å². The first-order valence-corrected chi connectivity index (χ1v) is 10.2. The van der Waals surface area contributed by atoms with Crippen molar-refractivity contribution in [3.8, 4) is 0 Å². The molecule has 1 fully saturated rings. The van der Waals surface area contributed by atoms with E-state index in [9.17, 15) is 4.79 Å². The van der Waals surface area contributed by atoms with E-state index in [0.717, 1.165) is 43.3 Å². The number of aromatic nitrogens is 2. The number of methoxy groups -OCH3 is 1. The Morgan fingerprint density at radius 3 is 2.67 bits per heavy atom. The number of esters is 1. The van der Waals surface area contributed by atoms with Crippen molar-refractivity contribution in [1.29, 1.82) is 0 Å². The minimum absolute atomic E-state index is 0.283. The maximum atomic E-state index is 11.9. The molecule has 2 aromatic heterocycles. The number of rotatable bonds is 6. The van der Waals surface area contributed by atoms with E-state index in [0.29, 0.717) is 22.2 Å². The highest BCUT2D eigenvalue weighted by atomic mass is 32.1. The van der Waals surface area contributed by atoms with Crippen LogP contribution in [-0.4, -0.2) is 49.4 Å². The molecule has 0 spiro atoms. The predicted molar refractivity (Wildman–Crippen MR) is 118 cm³/mol. The van der Waals surface area contributed by atoms with Crippen molar-refractivity contribution < 1.29 is 14.3 Å². The maximum absolute atomic E-state index is 11.9. The van der Waals surface area contributed by atoms with Gasteiger partial charge in [-0.1, -0.05) is 11.3 Å². The van der Waals surface area contributed by atoms with E-state index in [1.807, 2.05) is 18.2 Å². The summed E-state index contributed by atoms with van der Waals surface area (Å²) >= 11 is 1.07. The highest BCUT2D eigenvalue weighted by molar-refractivity contribution is 7.17. The van der Waals surface area contributed by atoms with Crippen molar-refractivity contribution in [2.45, 2.75) is 0 Å². The fourth-order valence-electron chi connectivity index (χ4n) is 3.09. The Morgan fingerprint density at radius 2 is 1.93 bits per heavy atom. The van der Waals surface area contributed by atoms with E-state index >= 15 is 0 Å². The molecule has 3 aromatic rings. The first-order chi connectivity index (χ1) is 14.6. The van der Waals surface area contributed by atoms with E-state index in [1.165, 1.54) is 12.8 Å². The monoisotopic (exact) mass is 426 g/mol. The lowest BCUT2D eigenvalue weighted by Gasteiger charge is -2.28. The van der Waals surface area contributed by atoms with E-state index in [2.05, 4.69) is 37.6 Å². The number of carbonyl (C=O) groups excluding carboxylic acids is 1. The largest absolute Gasteiger partial charge is 0.465 e. The molecule has 156 valence electrons. The predicted octanol–water partition coefficient (Wildman–Crippen LogP) is 3.23. The molecular formula is C20H22N6O3S. The molecule has 10 heteroatoms. The van der Waals surface area contributed by atoms with Crippen molar-refractivity contribution in [2.75, 3.05) is 54.7 Å². The Morgan fingerprint density at radius 1 is 1.17 bits per heavy atom. The second-order valence-electron chi connectivity index (χ2n) is 6.55. The van der Waals surface area contributed by atoms with Gasteiger partial charge in [0.15, 0.2) is 15.8 Å².